The van der Waals surface area contributed by atoms with Crippen LogP contribution in [0.2, 0.25) is 0 Å². The van der Waals surface area contributed by atoms with E-state index in [0.29, 0.717) is 17.9 Å². The Morgan fingerprint density at radius 1 is 1.45 bits per heavy atom. The Balaban J connectivity index is 2.18. The second-order valence-corrected chi connectivity index (χ2v) is 4.61. The van der Waals surface area contributed by atoms with Gasteiger partial charge in [0.2, 0.25) is 5.91 Å². The number of nitrogens with zero attached hydrogens (tertiary/aromatic N) is 1. The van der Waals surface area contributed by atoms with Crippen molar-refractivity contribution in [2.45, 2.75) is 19.3 Å². The van der Waals surface area contributed by atoms with Crippen LogP contribution in [0, 0.1) is 16.0 Å². The number of carbonyl (C=O) groups is 1. The van der Waals surface area contributed by atoms with E-state index < -0.39 is 4.92 Å². The van der Waals surface area contributed by atoms with Gasteiger partial charge in [-0.3, -0.25) is 14.9 Å². The summed E-state index contributed by atoms with van der Waals surface area (Å²) >= 11 is 0. The van der Waals surface area contributed by atoms with Crippen LogP contribution in [0.25, 0.3) is 0 Å². The van der Waals surface area contributed by atoms with E-state index in [9.17, 15) is 14.9 Å². The predicted octanol–water partition coefficient (Wildman–Crippen LogP) is 2.90. The van der Waals surface area contributed by atoms with Crippen LogP contribution in [-0.2, 0) is 4.79 Å². The Morgan fingerprint density at radius 3 is 2.85 bits per heavy atom. The number of carbonyl (C=O) groups excluding carboxylic acids is 1. The van der Waals surface area contributed by atoms with Crippen molar-refractivity contribution in [3.63, 3.8) is 0 Å². The number of amides is 1. The molecular weight excluding hydrogens is 260 g/mol. The van der Waals surface area contributed by atoms with Crippen molar-refractivity contribution in [1.82, 2.24) is 0 Å². The third kappa shape index (κ3) is 3.14. The normalized spacial score (nSPS) is 17.6. The molecule has 0 radical (unpaired) electrons. The van der Waals surface area contributed by atoms with E-state index in [0.717, 1.165) is 12.8 Å². The molecule has 1 aromatic carbocycles. The number of non-ortho nitro benzene ring substituents is 1. The maximum Gasteiger partial charge on any atom is 0.271 e. The number of ether oxygens (including phenoxy) is 1. The highest BCUT2D eigenvalue weighted by Gasteiger charge is 2.21. The van der Waals surface area contributed by atoms with Gasteiger partial charge >= 0.3 is 0 Å². The molecule has 0 saturated heterocycles. The summed E-state index contributed by atoms with van der Waals surface area (Å²) in [5.74, 6) is 0.187. The Bertz CT molecular complexity index is 554. The molecule has 1 N–H and O–H groups in total. The van der Waals surface area contributed by atoms with Gasteiger partial charge in [0.05, 0.1) is 17.7 Å². The lowest BCUT2D eigenvalue weighted by Crippen LogP contribution is -2.23. The summed E-state index contributed by atoms with van der Waals surface area (Å²) in [6.45, 7) is 0. The van der Waals surface area contributed by atoms with Gasteiger partial charge in [0, 0.05) is 18.1 Å². The quantitative estimate of drug-likeness (QED) is 0.521. The topological polar surface area (TPSA) is 81.5 Å². The van der Waals surface area contributed by atoms with Crippen LogP contribution in [0.3, 0.4) is 0 Å². The maximum absolute atomic E-state index is 12.1. The van der Waals surface area contributed by atoms with Crippen LogP contribution < -0.4 is 10.1 Å². The van der Waals surface area contributed by atoms with Crippen LogP contribution >= 0.6 is 0 Å². The van der Waals surface area contributed by atoms with E-state index in [1.165, 1.54) is 25.3 Å². The molecule has 0 aliphatic heterocycles. The highest BCUT2D eigenvalue weighted by molar-refractivity contribution is 5.94. The van der Waals surface area contributed by atoms with Gasteiger partial charge in [0.15, 0.2) is 0 Å². The lowest BCUT2D eigenvalue weighted by atomic mass is 9.93. The average Bonchev–Trinajstić information content (AvgIpc) is 2.48. The van der Waals surface area contributed by atoms with Gasteiger partial charge in [-0.05, 0) is 25.3 Å². The minimum absolute atomic E-state index is 0.0790. The van der Waals surface area contributed by atoms with Gasteiger partial charge in [0.1, 0.15) is 5.75 Å². The van der Waals surface area contributed by atoms with Crippen LogP contribution in [-0.4, -0.2) is 17.9 Å². The lowest BCUT2D eigenvalue weighted by Gasteiger charge is -2.18. The Hall–Kier alpha value is -2.37. The molecular formula is C14H16N2O4. The molecule has 0 bridgehead atoms. The van der Waals surface area contributed by atoms with Gasteiger partial charge in [0.25, 0.3) is 5.69 Å². The second-order valence-electron chi connectivity index (χ2n) is 4.61. The monoisotopic (exact) mass is 276 g/mol. The van der Waals surface area contributed by atoms with Crippen molar-refractivity contribution in [2.24, 2.45) is 5.92 Å². The van der Waals surface area contributed by atoms with E-state index in [1.54, 1.807) is 0 Å². The number of hydrogen-bond acceptors (Lipinski definition) is 4. The summed E-state index contributed by atoms with van der Waals surface area (Å²) in [4.78, 5) is 22.4. The SMILES string of the molecule is COc1ccc([N+](=O)[O-])cc1NC(=O)C1CC=CCC1. The highest BCUT2D eigenvalue weighted by atomic mass is 16.6. The lowest BCUT2D eigenvalue weighted by molar-refractivity contribution is -0.384. The number of nitro benzene ring substituents is 1. The molecule has 0 aromatic heterocycles. The van der Waals surface area contributed by atoms with Gasteiger partial charge in [-0.2, -0.15) is 0 Å². The largest absolute Gasteiger partial charge is 0.495 e. The second kappa shape index (κ2) is 6.18. The van der Waals surface area contributed by atoms with Crippen molar-refractivity contribution in [3.8, 4) is 5.75 Å². The summed E-state index contributed by atoms with van der Waals surface area (Å²) in [6.07, 6.45) is 6.41. The zero-order valence-corrected chi connectivity index (χ0v) is 11.2. The molecule has 1 amide bonds. The van der Waals surface area contributed by atoms with Gasteiger partial charge in [-0.25, -0.2) is 0 Å². The van der Waals surface area contributed by atoms with Gasteiger partial charge < -0.3 is 10.1 Å². The number of nitro groups is 1. The molecule has 1 aliphatic carbocycles. The van der Waals surface area contributed by atoms with Crippen molar-refractivity contribution in [2.75, 3.05) is 12.4 Å². The number of methoxy groups -OCH3 is 1. The van der Waals surface area contributed by atoms with Crippen LogP contribution in [0.4, 0.5) is 11.4 Å². The smallest absolute Gasteiger partial charge is 0.271 e. The van der Waals surface area contributed by atoms with Crippen molar-refractivity contribution < 1.29 is 14.5 Å². The number of rotatable bonds is 4. The van der Waals surface area contributed by atoms with Crippen LogP contribution in [0.1, 0.15) is 19.3 Å². The molecule has 1 aromatic rings. The highest BCUT2D eigenvalue weighted by Crippen LogP contribution is 2.30. The zero-order valence-electron chi connectivity index (χ0n) is 11.2. The minimum Gasteiger partial charge on any atom is -0.495 e. The van der Waals surface area contributed by atoms with Crippen LogP contribution in [0.15, 0.2) is 30.4 Å². The predicted molar refractivity (Wildman–Crippen MR) is 74.8 cm³/mol. The fraction of sp³-hybridized carbons (Fsp3) is 0.357. The van der Waals surface area contributed by atoms with E-state index in [1.807, 2.05) is 6.08 Å². The third-order valence-corrected chi connectivity index (χ3v) is 3.29. The first-order valence-electron chi connectivity index (χ1n) is 6.40. The molecule has 1 aliphatic rings. The zero-order chi connectivity index (χ0) is 14.5. The van der Waals surface area contributed by atoms with Crippen molar-refractivity contribution in [1.29, 1.82) is 0 Å². The van der Waals surface area contributed by atoms with Crippen molar-refractivity contribution >= 4 is 17.3 Å². The van der Waals surface area contributed by atoms with E-state index >= 15 is 0 Å². The molecule has 0 heterocycles. The first-order chi connectivity index (χ1) is 9.61. The molecule has 0 spiro atoms. The van der Waals surface area contributed by atoms with Crippen LogP contribution in [0.5, 0.6) is 5.75 Å². The molecule has 0 saturated carbocycles. The average molecular weight is 276 g/mol. The summed E-state index contributed by atoms with van der Waals surface area (Å²) in [7, 11) is 1.46. The molecule has 0 fully saturated rings. The number of hydrogen-bond donors (Lipinski definition) is 1. The molecule has 1 atom stereocenters. The van der Waals surface area contributed by atoms with E-state index in [-0.39, 0.29) is 17.5 Å². The fourth-order valence-electron chi connectivity index (χ4n) is 2.17. The number of benzene rings is 1. The van der Waals surface area contributed by atoms with Gasteiger partial charge in [-0.1, -0.05) is 12.2 Å². The summed E-state index contributed by atoms with van der Waals surface area (Å²) in [6, 6.07) is 4.14. The molecule has 6 heteroatoms. The molecule has 20 heavy (non-hydrogen) atoms. The standard InChI is InChI=1S/C14H16N2O4/c1-20-13-8-7-11(16(18)19)9-12(13)15-14(17)10-5-3-2-4-6-10/h2-3,7-10H,4-6H2,1H3,(H,15,17). The summed E-state index contributed by atoms with van der Waals surface area (Å²) in [5.41, 5.74) is 0.255. The Morgan fingerprint density at radius 2 is 2.25 bits per heavy atom. The van der Waals surface area contributed by atoms with Gasteiger partial charge in [-0.15, -0.1) is 0 Å². The number of nitrogens with one attached hydrogen (secondary N) is 1. The Kier molecular flexibility index (Phi) is 4.34. The third-order valence-electron chi connectivity index (χ3n) is 3.29. The number of anilines is 1. The van der Waals surface area contributed by atoms with E-state index in [2.05, 4.69) is 11.4 Å². The number of allylic oxidation sites excluding steroid dienone is 2. The summed E-state index contributed by atoms with van der Waals surface area (Å²) < 4.78 is 5.12. The molecule has 6 nitrogen and oxygen atoms in total. The first-order valence-corrected chi connectivity index (χ1v) is 6.40. The summed E-state index contributed by atoms with van der Waals surface area (Å²) in [5, 5.41) is 13.5. The molecule has 1 unspecified atom stereocenters. The maximum atomic E-state index is 12.1. The molecule has 106 valence electrons. The van der Waals surface area contributed by atoms with E-state index in [4.69, 9.17) is 4.74 Å². The Labute approximate surface area is 116 Å². The first kappa shape index (κ1) is 14.0. The van der Waals surface area contributed by atoms with Crippen molar-refractivity contribution in [3.05, 3.63) is 40.5 Å². The minimum atomic E-state index is -0.502. The fourth-order valence-corrected chi connectivity index (χ4v) is 2.17. The molecule has 2 rings (SSSR count).